The van der Waals surface area contributed by atoms with Crippen molar-refractivity contribution in [2.75, 3.05) is 13.1 Å². The third kappa shape index (κ3) is 1.45. The summed E-state index contributed by atoms with van der Waals surface area (Å²) in [7, 11) is 0. The van der Waals surface area contributed by atoms with Crippen molar-refractivity contribution in [2.45, 2.75) is 18.9 Å². The highest BCUT2D eigenvalue weighted by atomic mass is 14.9. The van der Waals surface area contributed by atoms with Crippen molar-refractivity contribution in [3.05, 3.63) is 0 Å². The lowest BCUT2D eigenvalue weighted by Gasteiger charge is -2.17. The second kappa shape index (κ2) is 2.28. The topological polar surface area (TPSA) is 38.0 Å². The van der Waals surface area contributed by atoms with Gasteiger partial charge in [0.25, 0.3) is 0 Å². The molecule has 1 aliphatic rings. The molecular formula is C5H12N2. The van der Waals surface area contributed by atoms with Crippen LogP contribution in [0, 0.1) is 0 Å². The lowest BCUT2D eigenvalue weighted by Crippen LogP contribution is -2.39. The molecule has 1 unspecified atom stereocenters. The summed E-state index contributed by atoms with van der Waals surface area (Å²) in [5.74, 6) is 0. The van der Waals surface area contributed by atoms with E-state index in [4.69, 9.17) is 7.15 Å². The van der Waals surface area contributed by atoms with Crippen LogP contribution in [-0.2, 0) is 0 Å². The summed E-state index contributed by atoms with van der Waals surface area (Å²) in [6, 6.07) is 0.251. The van der Waals surface area contributed by atoms with Gasteiger partial charge in [0.2, 0.25) is 0 Å². The van der Waals surface area contributed by atoms with Gasteiger partial charge in [-0.15, -0.1) is 0 Å². The standard InChI is InChI=1S/C5H12N2/c6-5-2-1-3-7-4-5/h5,7H,1-4,6H2/i/hD. The fourth-order valence-electron chi connectivity index (χ4n) is 0.814. The maximum atomic E-state index is 7.16. The molecule has 42 valence electrons. The first-order valence-corrected chi connectivity index (χ1v) is 2.78. The van der Waals surface area contributed by atoms with Gasteiger partial charge in [-0.1, -0.05) is 0 Å². The van der Waals surface area contributed by atoms with E-state index in [0.717, 1.165) is 25.9 Å². The van der Waals surface area contributed by atoms with Crippen LogP contribution in [0.4, 0.5) is 0 Å². The van der Waals surface area contributed by atoms with Gasteiger partial charge in [0.05, 0.1) is 0 Å². The molecule has 0 amide bonds. The largest absolute Gasteiger partial charge is 0.327 e. The zero-order valence-corrected chi connectivity index (χ0v) is 4.43. The molecule has 1 saturated heterocycles. The number of piperidine rings is 1. The fraction of sp³-hybridized carbons (Fsp3) is 1.00. The number of nitrogens with one attached hydrogen (secondary N) is 1. The van der Waals surface area contributed by atoms with Gasteiger partial charge in [-0.3, -0.25) is 0 Å². The van der Waals surface area contributed by atoms with E-state index in [1.807, 2.05) is 0 Å². The summed E-state index contributed by atoms with van der Waals surface area (Å²) in [5.41, 5.74) is 5.56. The minimum atomic E-state index is 0.251. The van der Waals surface area contributed by atoms with Crippen LogP contribution in [0.1, 0.15) is 12.8 Å². The van der Waals surface area contributed by atoms with E-state index >= 15 is 0 Å². The Morgan fingerprint density at radius 2 is 2.71 bits per heavy atom. The van der Waals surface area contributed by atoms with Gasteiger partial charge >= 0.3 is 0 Å². The minimum Gasteiger partial charge on any atom is -0.327 e. The summed E-state index contributed by atoms with van der Waals surface area (Å²) in [4.78, 5) is 0. The normalized spacial score (nSPS) is 37.9. The first-order chi connectivity index (χ1) is 3.79. The first-order valence-electron chi connectivity index (χ1n) is 3.23. The molecule has 0 spiro atoms. The van der Waals surface area contributed by atoms with E-state index in [1.165, 1.54) is 5.31 Å². The molecule has 0 bridgehead atoms. The molecular weight excluding hydrogens is 88.1 g/mol. The lowest BCUT2D eigenvalue weighted by molar-refractivity contribution is 0.459. The summed E-state index contributed by atoms with van der Waals surface area (Å²) in [6.45, 7) is 1.65. The van der Waals surface area contributed by atoms with Gasteiger partial charge < -0.3 is 11.0 Å². The third-order valence-corrected chi connectivity index (χ3v) is 1.25. The van der Waals surface area contributed by atoms with Crippen LogP contribution in [0.3, 0.4) is 0 Å². The number of hydrogen-bond donors (Lipinski definition) is 2. The van der Waals surface area contributed by atoms with Crippen LogP contribution < -0.4 is 11.0 Å². The zero-order chi connectivity index (χ0) is 5.98. The molecule has 7 heavy (non-hydrogen) atoms. The van der Waals surface area contributed by atoms with Gasteiger partial charge in [-0.05, 0) is 19.4 Å². The van der Waals surface area contributed by atoms with Crippen LogP contribution in [0.5, 0.6) is 0 Å². The van der Waals surface area contributed by atoms with Gasteiger partial charge in [-0.25, -0.2) is 0 Å². The quantitative estimate of drug-likeness (QED) is 0.439. The highest BCUT2D eigenvalue weighted by Crippen LogP contribution is 1.96. The van der Waals surface area contributed by atoms with E-state index in [1.54, 1.807) is 0 Å². The highest BCUT2D eigenvalue weighted by Gasteiger charge is 2.05. The van der Waals surface area contributed by atoms with E-state index < -0.39 is 0 Å². The average Bonchev–Trinajstić information content (AvgIpc) is 1.64. The Bertz CT molecular complexity index is 68.8. The van der Waals surface area contributed by atoms with Gasteiger partial charge in [0.15, 0.2) is 0 Å². The number of rotatable bonds is 0. The van der Waals surface area contributed by atoms with E-state index in [-0.39, 0.29) is 6.04 Å². The van der Waals surface area contributed by atoms with Crippen molar-refractivity contribution < 1.29 is 1.41 Å². The smallest absolute Gasteiger partial charge is 0.122 e. The van der Waals surface area contributed by atoms with Crippen molar-refractivity contribution in [1.29, 1.82) is 0 Å². The Morgan fingerprint density at radius 1 is 1.86 bits per heavy atom. The molecule has 0 aromatic rings. The fourth-order valence-corrected chi connectivity index (χ4v) is 0.814. The van der Waals surface area contributed by atoms with E-state index in [0.29, 0.717) is 0 Å². The van der Waals surface area contributed by atoms with Crippen LogP contribution in [0.2, 0.25) is 1.41 Å². The Labute approximate surface area is 45.5 Å². The molecule has 1 atom stereocenters. The molecule has 0 aromatic heterocycles. The number of hydrogen-bond acceptors (Lipinski definition) is 2. The monoisotopic (exact) mass is 101 g/mol. The highest BCUT2D eigenvalue weighted by molar-refractivity contribution is 4.69. The van der Waals surface area contributed by atoms with Crippen LogP contribution in [-0.4, -0.2) is 19.1 Å². The van der Waals surface area contributed by atoms with Gasteiger partial charge in [0.1, 0.15) is 1.41 Å². The summed E-state index contributed by atoms with van der Waals surface area (Å²) in [6.07, 6.45) is 2.18. The third-order valence-electron chi connectivity index (χ3n) is 1.25. The molecule has 0 saturated carbocycles. The molecule has 0 radical (unpaired) electrons. The SMILES string of the molecule is [2H]N1CCCC(N)C1. The molecule has 2 heteroatoms. The zero-order valence-electron chi connectivity index (χ0n) is 5.43. The van der Waals surface area contributed by atoms with E-state index in [9.17, 15) is 0 Å². The first kappa shape index (κ1) is 3.87. The summed E-state index contributed by atoms with van der Waals surface area (Å²) >= 11 is 0. The van der Waals surface area contributed by atoms with Crippen LogP contribution in [0.25, 0.3) is 0 Å². The molecule has 1 rings (SSSR count). The molecule has 3 N–H and O–H groups in total. The molecule has 0 aliphatic carbocycles. The van der Waals surface area contributed by atoms with Crippen molar-refractivity contribution in [3.63, 3.8) is 0 Å². The van der Waals surface area contributed by atoms with Crippen molar-refractivity contribution >= 4 is 0 Å². The Hall–Kier alpha value is -0.0800. The Balaban J connectivity index is 2.23. The van der Waals surface area contributed by atoms with Crippen LogP contribution >= 0.6 is 0 Å². The molecule has 2 nitrogen and oxygen atoms in total. The predicted molar refractivity (Wildman–Crippen MR) is 30.1 cm³/mol. The number of nitrogens with two attached hydrogens (primary N) is 1. The summed E-state index contributed by atoms with van der Waals surface area (Å²) < 4.78 is 7.16. The van der Waals surface area contributed by atoms with Crippen molar-refractivity contribution in [1.82, 2.24) is 5.31 Å². The van der Waals surface area contributed by atoms with Gasteiger partial charge in [0, 0.05) is 12.6 Å². The predicted octanol–water partition coefficient (Wildman–Crippen LogP) is -0.303. The van der Waals surface area contributed by atoms with Crippen molar-refractivity contribution in [3.8, 4) is 0 Å². The average molecular weight is 101 g/mol. The van der Waals surface area contributed by atoms with E-state index in [2.05, 4.69) is 0 Å². The molecule has 1 aliphatic heterocycles. The Morgan fingerprint density at radius 3 is 3.14 bits per heavy atom. The molecule has 0 aromatic carbocycles. The molecule has 1 fully saturated rings. The van der Waals surface area contributed by atoms with Crippen molar-refractivity contribution in [2.24, 2.45) is 5.73 Å². The maximum Gasteiger partial charge on any atom is 0.122 e. The minimum absolute atomic E-state index is 0.251. The summed E-state index contributed by atoms with van der Waals surface area (Å²) in [5, 5.41) is 1.54. The lowest BCUT2D eigenvalue weighted by atomic mass is 10.1. The second-order valence-corrected chi connectivity index (χ2v) is 2.03. The van der Waals surface area contributed by atoms with Gasteiger partial charge in [-0.2, -0.15) is 0 Å². The second-order valence-electron chi connectivity index (χ2n) is 2.03. The Kier molecular flexibility index (Phi) is 1.26. The maximum absolute atomic E-state index is 7.16. The van der Waals surface area contributed by atoms with Crippen LogP contribution in [0.15, 0.2) is 0 Å². The molecule has 1 heterocycles.